The Morgan fingerprint density at radius 1 is 1.15 bits per heavy atom. The molecular weight excluding hydrogens is 250 g/mol. The summed E-state index contributed by atoms with van der Waals surface area (Å²) in [7, 11) is 0. The first-order chi connectivity index (χ1) is 9.71. The van der Waals surface area contributed by atoms with Gasteiger partial charge in [0.1, 0.15) is 11.5 Å². The van der Waals surface area contributed by atoms with Crippen LogP contribution in [0.2, 0.25) is 0 Å². The van der Waals surface area contributed by atoms with Crippen molar-refractivity contribution in [2.24, 2.45) is 5.92 Å². The third kappa shape index (κ3) is 5.83. The van der Waals surface area contributed by atoms with Gasteiger partial charge in [-0.1, -0.05) is 40.2 Å². The van der Waals surface area contributed by atoms with Crippen molar-refractivity contribution in [1.82, 2.24) is 5.32 Å². The maximum atomic E-state index is 5.99. The topological polar surface area (TPSA) is 30.5 Å². The number of hydrogen-bond donors (Lipinski definition) is 1. The molecule has 0 aromatic heterocycles. The molecule has 114 valence electrons. The van der Waals surface area contributed by atoms with Gasteiger partial charge in [0.25, 0.3) is 0 Å². The van der Waals surface area contributed by atoms with Crippen LogP contribution in [0, 0.1) is 5.92 Å². The van der Waals surface area contributed by atoms with Crippen LogP contribution in [-0.2, 0) is 6.54 Å². The Hall–Kier alpha value is -1.22. The first-order valence-electron chi connectivity index (χ1n) is 7.80. The molecule has 0 bridgehead atoms. The standard InChI is InChI=1S/C17H29NO2/c1-5-10-19-16-9-8-15(12-18-7-3)17(11-16)20-13-14(4)6-2/h8-9,11,14,18H,5-7,10,12-13H2,1-4H3. The van der Waals surface area contributed by atoms with Crippen LogP contribution in [0.4, 0.5) is 0 Å². The van der Waals surface area contributed by atoms with Crippen molar-refractivity contribution in [1.29, 1.82) is 0 Å². The summed E-state index contributed by atoms with van der Waals surface area (Å²) in [5.74, 6) is 2.41. The van der Waals surface area contributed by atoms with Crippen molar-refractivity contribution < 1.29 is 9.47 Å². The van der Waals surface area contributed by atoms with E-state index in [0.717, 1.165) is 50.6 Å². The number of hydrogen-bond acceptors (Lipinski definition) is 3. The average Bonchev–Trinajstić information content (AvgIpc) is 2.49. The van der Waals surface area contributed by atoms with E-state index in [2.05, 4.69) is 39.1 Å². The van der Waals surface area contributed by atoms with Gasteiger partial charge in [-0.05, 0) is 24.9 Å². The largest absolute Gasteiger partial charge is 0.493 e. The van der Waals surface area contributed by atoms with E-state index in [0.29, 0.717) is 5.92 Å². The molecule has 0 fully saturated rings. The molecule has 0 spiro atoms. The van der Waals surface area contributed by atoms with Crippen LogP contribution in [-0.4, -0.2) is 19.8 Å². The first kappa shape index (κ1) is 16.8. The quantitative estimate of drug-likeness (QED) is 0.702. The summed E-state index contributed by atoms with van der Waals surface area (Å²) in [6.45, 7) is 11.9. The van der Waals surface area contributed by atoms with Gasteiger partial charge in [0.05, 0.1) is 13.2 Å². The number of benzene rings is 1. The summed E-state index contributed by atoms with van der Waals surface area (Å²) in [4.78, 5) is 0. The molecule has 1 aromatic carbocycles. The van der Waals surface area contributed by atoms with Crippen molar-refractivity contribution in [3.05, 3.63) is 23.8 Å². The summed E-state index contributed by atoms with van der Waals surface area (Å²) >= 11 is 0. The summed E-state index contributed by atoms with van der Waals surface area (Å²) in [6, 6.07) is 6.14. The zero-order valence-corrected chi connectivity index (χ0v) is 13.4. The molecule has 1 N–H and O–H groups in total. The molecule has 1 aromatic rings. The smallest absolute Gasteiger partial charge is 0.127 e. The predicted octanol–water partition coefficient (Wildman–Crippen LogP) is 4.01. The zero-order chi connectivity index (χ0) is 14.8. The van der Waals surface area contributed by atoms with E-state index in [1.807, 2.05) is 12.1 Å². The first-order valence-corrected chi connectivity index (χ1v) is 7.80. The van der Waals surface area contributed by atoms with E-state index in [4.69, 9.17) is 9.47 Å². The second-order valence-electron chi connectivity index (χ2n) is 5.22. The highest BCUT2D eigenvalue weighted by atomic mass is 16.5. The van der Waals surface area contributed by atoms with E-state index in [1.54, 1.807) is 0 Å². The van der Waals surface area contributed by atoms with Crippen LogP contribution in [0.3, 0.4) is 0 Å². The molecule has 0 amide bonds. The molecule has 0 aliphatic carbocycles. The predicted molar refractivity (Wildman–Crippen MR) is 84.6 cm³/mol. The van der Waals surface area contributed by atoms with Crippen LogP contribution in [0.15, 0.2) is 18.2 Å². The highest BCUT2D eigenvalue weighted by Gasteiger charge is 2.08. The minimum absolute atomic E-state index is 0.571. The van der Waals surface area contributed by atoms with Gasteiger partial charge in [0, 0.05) is 18.2 Å². The Balaban J connectivity index is 2.76. The molecule has 3 nitrogen and oxygen atoms in total. The van der Waals surface area contributed by atoms with Crippen LogP contribution in [0.1, 0.15) is 46.1 Å². The Morgan fingerprint density at radius 2 is 1.95 bits per heavy atom. The number of rotatable bonds is 10. The lowest BCUT2D eigenvalue weighted by Crippen LogP contribution is -2.14. The van der Waals surface area contributed by atoms with Gasteiger partial charge < -0.3 is 14.8 Å². The van der Waals surface area contributed by atoms with Crippen LogP contribution in [0.5, 0.6) is 11.5 Å². The van der Waals surface area contributed by atoms with Crippen molar-refractivity contribution in [3.8, 4) is 11.5 Å². The van der Waals surface area contributed by atoms with Crippen molar-refractivity contribution >= 4 is 0 Å². The fraction of sp³-hybridized carbons (Fsp3) is 0.647. The molecule has 20 heavy (non-hydrogen) atoms. The van der Waals surface area contributed by atoms with Gasteiger partial charge in [0.15, 0.2) is 0 Å². The molecule has 1 atom stereocenters. The third-order valence-corrected chi connectivity index (χ3v) is 3.30. The minimum Gasteiger partial charge on any atom is -0.493 e. The lowest BCUT2D eigenvalue weighted by Gasteiger charge is -2.16. The van der Waals surface area contributed by atoms with E-state index >= 15 is 0 Å². The Labute approximate surface area is 123 Å². The van der Waals surface area contributed by atoms with Gasteiger partial charge in [-0.25, -0.2) is 0 Å². The molecule has 1 rings (SSSR count). The lowest BCUT2D eigenvalue weighted by atomic mass is 10.1. The van der Waals surface area contributed by atoms with Crippen molar-refractivity contribution in [3.63, 3.8) is 0 Å². The third-order valence-electron chi connectivity index (χ3n) is 3.30. The molecule has 0 aliphatic heterocycles. The SMILES string of the molecule is CCCOc1ccc(CNCC)c(OCC(C)CC)c1. The summed E-state index contributed by atoms with van der Waals surface area (Å²) < 4.78 is 11.7. The number of ether oxygens (including phenoxy) is 2. The van der Waals surface area contributed by atoms with Gasteiger partial charge in [-0.15, -0.1) is 0 Å². The summed E-state index contributed by atoms with van der Waals surface area (Å²) in [5, 5.41) is 3.35. The average molecular weight is 279 g/mol. The maximum absolute atomic E-state index is 5.99. The molecule has 0 saturated heterocycles. The Kier molecular flexibility index (Phi) is 8.12. The van der Waals surface area contributed by atoms with Crippen molar-refractivity contribution in [2.45, 2.75) is 47.1 Å². The van der Waals surface area contributed by atoms with Gasteiger partial charge in [0.2, 0.25) is 0 Å². The molecule has 3 heteroatoms. The second kappa shape index (κ2) is 9.65. The van der Waals surface area contributed by atoms with E-state index in [9.17, 15) is 0 Å². The van der Waals surface area contributed by atoms with Gasteiger partial charge in [-0.3, -0.25) is 0 Å². The van der Waals surface area contributed by atoms with E-state index in [-0.39, 0.29) is 0 Å². The summed E-state index contributed by atoms with van der Waals surface area (Å²) in [6.07, 6.45) is 2.15. The van der Waals surface area contributed by atoms with E-state index < -0.39 is 0 Å². The maximum Gasteiger partial charge on any atom is 0.127 e. The highest BCUT2D eigenvalue weighted by Crippen LogP contribution is 2.26. The van der Waals surface area contributed by atoms with E-state index in [1.165, 1.54) is 5.56 Å². The zero-order valence-electron chi connectivity index (χ0n) is 13.4. The normalized spacial score (nSPS) is 12.2. The van der Waals surface area contributed by atoms with Crippen LogP contribution in [0.25, 0.3) is 0 Å². The molecule has 0 radical (unpaired) electrons. The minimum atomic E-state index is 0.571. The molecular formula is C17H29NO2. The van der Waals surface area contributed by atoms with Crippen LogP contribution >= 0.6 is 0 Å². The number of nitrogens with one attached hydrogen (secondary N) is 1. The molecule has 0 heterocycles. The second-order valence-corrected chi connectivity index (χ2v) is 5.22. The fourth-order valence-electron chi connectivity index (χ4n) is 1.73. The highest BCUT2D eigenvalue weighted by molar-refractivity contribution is 5.40. The Morgan fingerprint density at radius 3 is 2.60 bits per heavy atom. The monoisotopic (exact) mass is 279 g/mol. The van der Waals surface area contributed by atoms with Crippen molar-refractivity contribution in [2.75, 3.05) is 19.8 Å². The lowest BCUT2D eigenvalue weighted by molar-refractivity contribution is 0.251. The van der Waals surface area contributed by atoms with Crippen LogP contribution < -0.4 is 14.8 Å². The fourth-order valence-corrected chi connectivity index (χ4v) is 1.73. The van der Waals surface area contributed by atoms with Gasteiger partial charge in [-0.2, -0.15) is 0 Å². The summed E-state index contributed by atoms with van der Waals surface area (Å²) in [5.41, 5.74) is 1.19. The molecule has 1 unspecified atom stereocenters. The van der Waals surface area contributed by atoms with Gasteiger partial charge >= 0.3 is 0 Å². The molecule has 0 saturated carbocycles. The molecule has 0 aliphatic rings. The Bertz CT molecular complexity index is 379.